The van der Waals surface area contributed by atoms with Gasteiger partial charge in [0.25, 0.3) is 0 Å². The predicted octanol–water partition coefficient (Wildman–Crippen LogP) is 6.03. The molecule has 0 amide bonds. The van der Waals surface area contributed by atoms with E-state index in [-0.39, 0.29) is 36.8 Å². The van der Waals surface area contributed by atoms with Crippen LogP contribution in [0.4, 0.5) is 0 Å². The predicted molar refractivity (Wildman–Crippen MR) is 208 cm³/mol. The number of carbonyl (C=O) groups is 2. The van der Waals surface area contributed by atoms with Gasteiger partial charge >= 0.3 is 11.9 Å². The molecule has 0 saturated carbocycles. The number of hydrogen-bond acceptors (Lipinski definition) is 12. The van der Waals surface area contributed by atoms with Crippen molar-refractivity contribution in [3.8, 4) is 0 Å². The molecule has 12 nitrogen and oxygen atoms in total. The maximum atomic E-state index is 13.5. The number of nitrogens with zero attached hydrogens (tertiary/aromatic N) is 1. The van der Waals surface area contributed by atoms with Crippen LogP contribution in [0.3, 0.4) is 0 Å². The number of carbonyl (C=O) groups excluding carboxylic acids is 2. The summed E-state index contributed by atoms with van der Waals surface area (Å²) in [7, 11) is 5.54. The van der Waals surface area contributed by atoms with Crippen molar-refractivity contribution in [2.45, 2.75) is 142 Å². The highest BCUT2D eigenvalue weighted by molar-refractivity contribution is 5.89. The molecule has 12 heteroatoms. The number of rotatable bonds is 22. The van der Waals surface area contributed by atoms with E-state index < -0.39 is 47.7 Å². The number of unbranched alkanes of at least 4 members (excludes halogenated alkanes) is 1. The molecule has 0 bridgehead atoms. The number of methoxy groups -OCH3 is 1. The molecule has 1 aromatic rings. The fraction of sp³-hybridized carbons (Fsp3) is 0.714. The van der Waals surface area contributed by atoms with Crippen LogP contribution in [-0.4, -0.2) is 117 Å². The van der Waals surface area contributed by atoms with Crippen LogP contribution in [0.2, 0.25) is 0 Å². The molecule has 1 fully saturated rings. The van der Waals surface area contributed by atoms with Crippen molar-refractivity contribution >= 4 is 11.9 Å². The molecule has 1 saturated heterocycles. The normalized spacial score (nSPS) is 25.5. The van der Waals surface area contributed by atoms with Crippen LogP contribution in [0, 0.1) is 11.8 Å². The largest absolute Gasteiger partial charge is 0.456 e. The summed E-state index contributed by atoms with van der Waals surface area (Å²) in [5.41, 5.74) is -0.229. The fourth-order valence-electron chi connectivity index (χ4n) is 7.44. The molecule has 2 aliphatic heterocycles. The molecule has 2 aliphatic rings. The van der Waals surface area contributed by atoms with Crippen LogP contribution in [0.5, 0.6) is 0 Å². The lowest BCUT2D eigenvalue weighted by molar-refractivity contribution is -0.298. The van der Waals surface area contributed by atoms with E-state index in [9.17, 15) is 14.7 Å². The third kappa shape index (κ3) is 12.3. The van der Waals surface area contributed by atoms with Crippen molar-refractivity contribution in [3.05, 3.63) is 59.9 Å². The van der Waals surface area contributed by atoms with Gasteiger partial charge in [-0.05, 0) is 85.1 Å². The van der Waals surface area contributed by atoms with Crippen molar-refractivity contribution in [3.63, 3.8) is 0 Å². The van der Waals surface area contributed by atoms with E-state index in [1.165, 1.54) is 0 Å². The number of aliphatic hydroxyl groups is 1. The SMILES string of the molecule is C=CC[C@@H](OCCCC)[C@H](CO)NC[C@H](C)C[C@@](C)(OC)[C@H](O[C@@H]1O[C@H](C)C[C@H](N(C)C)[C@H]1OC(=O)c1ccccc1)[C@@H](C)C1=C(C)C(=O)OC(C)(C)O1. The Hall–Kier alpha value is -2.84. The molecule has 0 unspecified atom stereocenters. The number of cyclic esters (lactones) is 1. The van der Waals surface area contributed by atoms with Gasteiger partial charge in [-0.15, -0.1) is 6.58 Å². The van der Waals surface area contributed by atoms with Crippen LogP contribution < -0.4 is 5.32 Å². The maximum Gasteiger partial charge on any atom is 0.340 e. The summed E-state index contributed by atoms with van der Waals surface area (Å²) in [6.45, 7) is 20.1. The van der Waals surface area contributed by atoms with Crippen molar-refractivity contribution in [1.29, 1.82) is 0 Å². The molecular weight excluding hydrogens is 692 g/mol. The van der Waals surface area contributed by atoms with Gasteiger partial charge in [0, 0.05) is 33.5 Å². The minimum absolute atomic E-state index is 0.0125. The number of aliphatic hydroxyl groups excluding tert-OH is 1. The van der Waals surface area contributed by atoms with E-state index in [2.05, 4.69) is 25.7 Å². The van der Waals surface area contributed by atoms with Gasteiger partial charge in [0.1, 0.15) is 5.76 Å². The highest BCUT2D eigenvalue weighted by atomic mass is 16.7. The lowest BCUT2D eigenvalue weighted by Crippen LogP contribution is -2.59. The van der Waals surface area contributed by atoms with E-state index >= 15 is 0 Å². The summed E-state index contributed by atoms with van der Waals surface area (Å²) in [6, 6.07) is 8.34. The van der Waals surface area contributed by atoms with E-state index in [1.807, 2.05) is 51.9 Å². The Bertz CT molecular complexity index is 1370. The molecule has 0 aromatic heterocycles. The molecule has 54 heavy (non-hydrogen) atoms. The Morgan fingerprint density at radius 1 is 1.20 bits per heavy atom. The van der Waals surface area contributed by atoms with Crippen molar-refractivity contribution in [1.82, 2.24) is 10.2 Å². The Labute approximate surface area is 323 Å². The lowest BCUT2D eigenvalue weighted by atomic mass is 9.80. The first kappa shape index (κ1) is 45.5. The second-order valence-electron chi connectivity index (χ2n) is 15.9. The first-order valence-electron chi connectivity index (χ1n) is 19.5. The summed E-state index contributed by atoms with van der Waals surface area (Å²) in [6.07, 6.45) is 2.48. The molecular formula is C42H68N2O10. The Morgan fingerprint density at radius 2 is 1.89 bits per heavy atom. The molecule has 2 N–H and O–H groups in total. The van der Waals surface area contributed by atoms with E-state index in [0.717, 1.165) is 12.8 Å². The van der Waals surface area contributed by atoms with Gasteiger partial charge in [0.05, 0.1) is 53.7 Å². The van der Waals surface area contributed by atoms with Gasteiger partial charge in [0.2, 0.25) is 5.79 Å². The van der Waals surface area contributed by atoms with Gasteiger partial charge in [-0.3, -0.25) is 0 Å². The molecule has 10 atom stereocenters. The zero-order valence-corrected chi connectivity index (χ0v) is 34.6. The van der Waals surface area contributed by atoms with Gasteiger partial charge < -0.3 is 48.5 Å². The average molecular weight is 761 g/mol. The summed E-state index contributed by atoms with van der Waals surface area (Å²) in [5.74, 6) is -2.26. The number of ether oxygens (including phenoxy) is 7. The Morgan fingerprint density at radius 3 is 2.48 bits per heavy atom. The first-order valence-corrected chi connectivity index (χ1v) is 19.5. The van der Waals surface area contributed by atoms with Crippen LogP contribution in [0.25, 0.3) is 0 Å². The second-order valence-corrected chi connectivity index (χ2v) is 15.9. The zero-order valence-electron chi connectivity index (χ0n) is 34.6. The quantitative estimate of drug-likeness (QED) is 0.0813. The van der Waals surface area contributed by atoms with Gasteiger partial charge in [-0.1, -0.05) is 51.5 Å². The zero-order chi connectivity index (χ0) is 40.2. The van der Waals surface area contributed by atoms with Crippen LogP contribution >= 0.6 is 0 Å². The first-order chi connectivity index (χ1) is 25.5. The number of benzene rings is 1. The van der Waals surface area contributed by atoms with Gasteiger partial charge in [-0.25, -0.2) is 9.59 Å². The lowest BCUT2D eigenvalue weighted by Gasteiger charge is -2.48. The van der Waals surface area contributed by atoms with Crippen molar-refractivity contribution < 1.29 is 47.9 Å². The Kier molecular flexibility index (Phi) is 17.6. The van der Waals surface area contributed by atoms with Crippen LogP contribution in [-0.2, 0) is 38.0 Å². The van der Waals surface area contributed by atoms with Crippen LogP contribution in [0.1, 0.15) is 97.9 Å². The summed E-state index contributed by atoms with van der Waals surface area (Å²) in [4.78, 5) is 28.7. The van der Waals surface area contributed by atoms with E-state index in [0.29, 0.717) is 49.3 Å². The topological polar surface area (TPSA) is 134 Å². The molecule has 0 radical (unpaired) electrons. The second kappa shape index (κ2) is 20.9. The molecule has 2 heterocycles. The standard InChI is InChI=1S/C42H68N2O10/c1-13-15-22-49-34(19-14-2)32(26-45)43-25-27(3)24-42(9,48-12)37(29(5)35-30(6)38(46)54-41(7,8)53-35)52-40-36(33(44(10)11)23-28(4)50-40)51-39(47)31-20-17-16-18-21-31/h14,16-18,20-21,27-29,32-34,36-37,40,43,45H,2,13,15,19,22-26H2,1,3-12H3/t27-,28-,29+,32+,33+,34-,36-,37-,40+,42-/m1/s1. The molecule has 1 aromatic carbocycles. The monoisotopic (exact) mass is 760 g/mol. The molecule has 0 aliphatic carbocycles. The van der Waals surface area contributed by atoms with E-state index in [1.54, 1.807) is 52.1 Å². The van der Waals surface area contributed by atoms with Gasteiger partial charge in [0.15, 0.2) is 12.4 Å². The maximum absolute atomic E-state index is 13.5. The number of likely N-dealkylation sites (N-methyl/N-ethyl adjacent to an activating group) is 1. The molecule has 306 valence electrons. The molecule has 3 rings (SSSR count). The number of hydrogen-bond donors (Lipinski definition) is 2. The number of esters is 2. The smallest absolute Gasteiger partial charge is 0.340 e. The molecule has 0 spiro atoms. The minimum Gasteiger partial charge on any atom is -0.456 e. The summed E-state index contributed by atoms with van der Waals surface area (Å²) < 4.78 is 44.3. The highest BCUT2D eigenvalue weighted by Gasteiger charge is 2.50. The summed E-state index contributed by atoms with van der Waals surface area (Å²) >= 11 is 0. The third-order valence-corrected chi connectivity index (χ3v) is 10.4. The average Bonchev–Trinajstić information content (AvgIpc) is 3.12. The van der Waals surface area contributed by atoms with Crippen LogP contribution in [0.15, 0.2) is 54.3 Å². The fourth-order valence-corrected chi connectivity index (χ4v) is 7.44. The van der Waals surface area contributed by atoms with Gasteiger partial charge in [-0.2, -0.15) is 0 Å². The Balaban J connectivity index is 2.01. The highest BCUT2D eigenvalue weighted by Crippen LogP contribution is 2.41. The third-order valence-electron chi connectivity index (χ3n) is 10.4. The minimum atomic E-state index is -1.20. The number of nitrogens with one attached hydrogen (secondary N) is 1. The summed E-state index contributed by atoms with van der Waals surface area (Å²) in [5, 5.41) is 13.9. The van der Waals surface area contributed by atoms with Crippen molar-refractivity contribution in [2.75, 3.05) is 41.0 Å². The van der Waals surface area contributed by atoms with Crippen molar-refractivity contribution in [2.24, 2.45) is 11.8 Å². The van der Waals surface area contributed by atoms with E-state index in [4.69, 9.17) is 33.2 Å².